The summed E-state index contributed by atoms with van der Waals surface area (Å²) < 4.78 is 13.4. The van der Waals surface area contributed by atoms with Crippen LogP contribution in [0.15, 0.2) is 12.3 Å². The summed E-state index contributed by atoms with van der Waals surface area (Å²) in [6.07, 6.45) is 3.07. The molecule has 2 aliphatic heterocycles. The number of aromatic nitrogens is 2. The first-order valence-corrected chi connectivity index (χ1v) is 5.26. The van der Waals surface area contributed by atoms with Crippen molar-refractivity contribution in [1.29, 1.82) is 0 Å². The number of nitrogens with two attached hydrogens (primary N) is 1. The van der Waals surface area contributed by atoms with E-state index in [0.29, 0.717) is 17.2 Å². The molecule has 0 bridgehead atoms. The van der Waals surface area contributed by atoms with Crippen molar-refractivity contribution in [2.75, 3.05) is 12.3 Å². The fourth-order valence-electron chi connectivity index (χ4n) is 1.94. The number of hydrogen-bond donors (Lipinski definition) is 1. The minimum Gasteiger partial charge on any atom is -0.384 e. The van der Waals surface area contributed by atoms with Gasteiger partial charge in [-0.25, -0.2) is 4.98 Å². The predicted molar refractivity (Wildman–Crippen MR) is 55.7 cm³/mol. The third kappa shape index (κ3) is 1.45. The summed E-state index contributed by atoms with van der Waals surface area (Å²) in [6.45, 7) is 0.691. The Bertz CT molecular complexity index is 435. The number of fused-ring (bicyclic) bond motifs is 1. The van der Waals surface area contributed by atoms with Crippen molar-refractivity contribution in [3.8, 4) is 0 Å². The molecule has 1 aromatic rings. The van der Waals surface area contributed by atoms with Gasteiger partial charge in [0, 0.05) is 12.6 Å². The molecule has 2 aliphatic rings. The maximum Gasteiger partial charge on any atom is 0.203 e. The molecule has 3 atom stereocenters. The topological polar surface area (TPSA) is 62.3 Å². The van der Waals surface area contributed by atoms with Crippen LogP contribution < -0.4 is 5.73 Å². The SMILES string of the molecule is Nc1ccn([C@H]2C[C@H]3OC[C@H]3O2)c(=S)n1. The molecule has 0 aromatic carbocycles. The molecule has 0 aliphatic carbocycles. The summed E-state index contributed by atoms with van der Waals surface area (Å²) in [5, 5.41) is 0. The summed E-state index contributed by atoms with van der Waals surface area (Å²) in [5.74, 6) is 0.438. The van der Waals surface area contributed by atoms with Gasteiger partial charge in [-0.15, -0.1) is 0 Å². The quantitative estimate of drug-likeness (QED) is 0.719. The number of nitrogens with zero attached hydrogens (tertiary/aromatic N) is 2. The average Bonchev–Trinajstić information content (AvgIpc) is 2.44. The van der Waals surface area contributed by atoms with E-state index in [-0.39, 0.29) is 18.4 Å². The molecule has 0 unspecified atom stereocenters. The molecule has 5 nitrogen and oxygen atoms in total. The fourth-order valence-corrected chi connectivity index (χ4v) is 2.22. The monoisotopic (exact) mass is 225 g/mol. The highest BCUT2D eigenvalue weighted by Crippen LogP contribution is 2.36. The smallest absolute Gasteiger partial charge is 0.203 e. The zero-order valence-electron chi connectivity index (χ0n) is 8.00. The van der Waals surface area contributed by atoms with Crippen molar-refractivity contribution in [1.82, 2.24) is 9.55 Å². The maximum absolute atomic E-state index is 5.76. The van der Waals surface area contributed by atoms with Gasteiger partial charge >= 0.3 is 0 Å². The van der Waals surface area contributed by atoms with Crippen LogP contribution in [0.25, 0.3) is 0 Å². The second-order valence-corrected chi connectivity index (χ2v) is 4.14. The summed E-state index contributed by atoms with van der Waals surface area (Å²) in [4.78, 5) is 4.02. The van der Waals surface area contributed by atoms with Gasteiger partial charge in [-0.1, -0.05) is 0 Å². The summed E-state index contributed by atoms with van der Waals surface area (Å²) in [6, 6.07) is 1.72. The van der Waals surface area contributed by atoms with E-state index in [2.05, 4.69) is 4.98 Å². The number of rotatable bonds is 1. The Morgan fingerprint density at radius 2 is 2.40 bits per heavy atom. The van der Waals surface area contributed by atoms with E-state index in [4.69, 9.17) is 27.4 Å². The Morgan fingerprint density at radius 1 is 1.53 bits per heavy atom. The van der Waals surface area contributed by atoms with Gasteiger partial charge in [0.25, 0.3) is 0 Å². The third-order valence-electron chi connectivity index (χ3n) is 2.82. The molecule has 2 fully saturated rings. The van der Waals surface area contributed by atoms with Crippen molar-refractivity contribution >= 4 is 18.0 Å². The Labute approximate surface area is 91.8 Å². The molecule has 1 aromatic heterocycles. The Kier molecular flexibility index (Phi) is 2.01. The molecule has 2 saturated heterocycles. The summed E-state index contributed by atoms with van der Waals surface area (Å²) in [5.41, 5.74) is 5.54. The molecular weight excluding hydrogens is 214 g/mol. The highest BCUT2D eigenvalue weighted by Gasteiger charge is 2.43. The lowest BCUT2D eigenvalue weighted by molar-refractivity contribution is -0.149. The zero-order chi connectivity index (χ0) is 10.4. The average molecular weight is 225 g/mol. The lowest BCUT2D eigenvalue weighted by atomic mass is 10.1. The van der Waals surface area contributed by atoms with E-state index >= 15 is 0 Å². The molecule has 0 amide bonds. The van der Waals surface area contributed by atoms with Gasteiger partial charge in [0.05, 0.1) is 12.7 Å². The summed E-state index contributed by atoms with van der Waals surface area (Å²) >= 11 is 5.12. The third-order valence-corrected chi connectivity index (χ3v) is 3.12. The van der Waals surface area contributed by atoms with Gasteiger partial charge in [0.15, 0.2) is 0 Å². The van der Waals surface area contributed by atoms with Crippen molar-refractivity contribution in [3.63, 3.8) is 0 Å². The van der Waals surface area contributed by atoms with E-state index in [1.807, 2.05) is 10.8 Å². The first kappa shape index (κ1) is 9.26. The van der Waals surface area contributed by atoms with Gasteiger partial charge in [0.2, 0.25) is 4.77 Å². The first-order valence-electron chi connectivity index (χ1n) is 4.86. The first-order chi connectivity index (χ1) is 7.24. The molecule has 15 heavy (non-hydrogen) atoms. The van der Waals surface area contributed by atoms with Crippen LogP contribution >= 0.6 is 12.2 Å². The van der Waals surface area contributed by atoms with Crippen LogP contribution in [0.2, 0.25) is 0 Å². The fraction of sp³-hybridized carbons (Fsp3) is 0.556. The highest BCUT2D eigenvalue weighted by molar-refractivity contribution is 7.71. The minimum atomic E-state index is -0.0527. The standard InChI is InChI=1S/C9H11N3O2S/c10-7-1-2-12(9(15)11-7)8-3-5-6(14-8)4-13-5/h1-2,5-6,8H,3-4H2,(H2,10,11,15)/t5-,6-,8-/m1/s1. The highest BCUT2D eigenvalue weighted by atomic mass is 32.1. The van der Waals surface area contributed by atoms with Gasteiger partial charge in [-0.2, -0.15) is 0 Å². The molecule has 2 N–H and O–H groups in total. The van der Waals surface area contributed by atoms with Crippen LogP contribution in [0.4, 0.5) is 5.82 Å². The van der Waals surface area contributed by atoms with Crippen molar-refractivity contribution in [3.05, 3.63) is 17.0 Å². The second-order valence-electron chi connectivity index (χ2n) is 3.78. The van der Waals surface area contributed by atoms with Crippen LogP contribution in [-0.2, 0) is 9.47 Å². The van der Waals surface area contributed by atoms with Crippen LogP contribution in [0.5, 0.6) is 0 Å². The van der Waals surface area contributed by atoms with Crippen molar-refractivity contribution in [2.45, 2.75) is 24.9 Å². The van der Waals surface area contributed by atoms with E-state index in [1.165, 1.54) is 0 Å². The van der Waals surface area contributed by atoms with Gasteiger partial charge in [-0.3, -0.25) is 4.57 Å². The molecule has 80 valence electrons. The largest absolute Gasteiger partial charge is 0.384 e. The number of hydrogen-bond acceptors (Lipinski definition) is 5. The van der Waals surface area contributed by atoms with Crippen molar-refractivity contribution in [2.24, 2.45) is 0 Å². The number of nitrogen functional groups attached to an aromatic ring is 1. The molecule has 3 rings (SSSR count). The summed E-state index contributed by atoms with van der Waals surface area (Å²) in [7, 11) is 0. The van der Waals surface area contributed by atoms with E-state index in [0.717, 1.165) is 6.42 Å². The predicted octanol–water partition coefficient (Wildman–Crippen LogP) is 0.881. The normalized spacial score (nSPS) is 33.5. The molecule has 0 radical (unpaired) electrons. The number of anilines is 1. The Balaban J connectivity index is 1.90. The lowest BCUT2D eigenvalue weighted by Gasteiger charge is -2.28. The van der Waals surface area contributed by atoms with E-state index in [9.17, 15) is 0 Å². The maximum atomic E-state index is 5.76. The van der Waals surface area contributed by atoms with E-state index < -0.39 is 0 Å². The molecule has 0 spiro atoms. The van der Waals surface area contributed by atoms with Gasteiger partial charge in [0.1, 0.15) is 18.1 Å². The van der Waals surface area contributed by atoms with E-state index in [1.54, 1.807) is 6.07 Å². The zero-order valence-corrected chi connectivity index (χ0v) is 8.81. The second kappa shape index (κ2) is 3.26. The molecular formula is C9H11N3O2S. The molecule has 6 heteroatoms. The Morgan fingerprint density at radius 3 is 2.93 bits per heavy atom. The number of ether oxygens (including phenoxy) is 2. The van der Waals surface area contributed by atoms with Gasteiger partial charge in [-0.05, 0) is 18.3 Å². The molecule has 3 heterocycles. The van der Waals surface area contributed by atoms with Crippen LogP contribution in [0.1, 0.15) is 12.6 Å². The minimum absolute atomic E-state index is 0.0527. The van der Waals surface area contributed by atoms with Crippen LogP contribution in [0, 0.1) is 4.77 Å². The Hall–Kier alpha value is -0.980. The van der Waals surface area contributed by atoms with Crippen LogP contribution in [0.3, 0.4) is 0 Å². The van der Waals surface area contributed by atoms with Gasteiger partial charge < -0.3 is 15.2 Å². The molecule has 0 saturated carbocycles. The van der Waals surface area contributed by atoms with Crippen molar-refractivity contribution < 1.29 is 9.47 Å². The van der Waals surface area contributed by atoms with Crippen LogP contribution in [-0.4, -0.2) is 28.4 Å². The lowest BCUT2D eigenvalue weighted by Crippen LogP contribution is -2.40.